The molecule has 7 heteroatoms. The van der Waals surface area contributed by atoms with Crippen LogP contribution in [0, 0.1) is 17.2 Å². The van der Waals surface area contributed by atoms with Crippen molar-refractivity contribution in [1.29, 1.82) is 5.26 Å². The van der Waals surface area contributed by atoms with Gasteiger partial charge in [-0.2, -0.15) is 5.26 Å². The standard InChI is InChI=1S/C14H19N5OS/c1-9-4-2-3-5-11(9)18-12(20)8-21-14-17-7-10(6-15)13(16)19-14/h7,9,11H,2-5,8H2,1H3,(H,18,20)(H2,16,17,19)/t9-,11-/m0/s1. The summed E-state index contributed by atoms with van der Waals surface area (Å²) in [6.07, 6.45) is 6.04. The smallest absolute Gasteiger partial charge is 0.230 e. The van der Waals surface area contributed by atoms with Gasteiger partial charge in [-0.25, -0.2) is 9.97 Å². The van der Waals surface area contributed by atoms with Gasteiger partial charge in [-0.05, 0) is 18.8 Å². The van der Waals surface area contributed by atoms with Crippen LogP contribution in [0.1, 0.15) is 38.2 Å². The zero-order valence-electron chi connectivity index (χ0n) is 12.0. The zero-order valence-corrected chi connectivity index (χ0v) is 12.8. The number of amides is 1. The minimum Gasteiger partial charge on any atom is -0.382 e. The second-order valence-corrected chi connectivity index (χ2v) is 6.23. The number of nitrogens with zero attached hydrogens (tertiary/aromatic N) is 3. The Labute approximate surface area is 128 Å². The summed E-state index contributed by atoms with van der Waals surface area (Å²) in [5, 5.41) is 12.2. The van der Waals surface area contributed by atoms with Crippen LogP contribution in [0.4, 0.5) is 5.82 Å². The Bertz CT molecular complexity index is 557. The van der Waals surface area contributed by atoms with Crippen LogP contribution >= 0.6 is 11.8 Å². The molecule has 1 heterocycles. The highest BCUT2D eigenvalue weighted by molar-refractivity contribution is 7.99. The van der Waals surface area contributed by atoms with E-state index in [1.54, 1.807) is 0 Å². The number of nitrogens with two attached hydrogens (primary N) is 1. The summed E-state index contributed by atoms with van der Waals surface area (Å²) in [7, 11) is 0. The van der Waals surface area contributed by atoms with E-state index in [1.165, 1.54) is 37.2 Å². The molecule has 1 aliphatic rings. The molecule has 0 bridgehead atoms. The van der Waals surface area contributed by atoms with Crippen LogP contribution in [-0.4, -0.2) is 27.7 Å². The lowest BCUT2D eigenvalue weighted by atomic mass is 9.86. The lowest BCUT2D eigenvalue weighted by Crippen LogP contribution is -2.41. The maximum atomic E-state index is 12.0. The molecule has 3 N–H and O–H groups in total. The third kappa shape index (κ3) is 4.33. The zero-order chi connectivity index (χ0) is 15.2. The molecule has 112 valence electrons. The summed E-state index contributed by atoms with van der Waals surface area (Å²) in [6.45, 7) is 2.18. The van der Waals surface area contributed by atoms with E-state index in [1.807, 2.05) is 6.07 Å². The van der Waals surface area contributed by atoms with E-state index in [-0.39, 0.29) is 29.1 Å². The number of hydrogen-bond donors (Lipinski definition) is 2. The predicted octanol–water partition coefficient (Wildman–Crippen LogP) is 1.72. The van der Waals surface area contributed by atoms with E-state index in [0.717, 1.165) is 6.42 Å². The normalized spacial score (nSPS) is 21.5. The summed E-state index contributed by atoms with van der Waals surface area (Å²) in [6, 6.07) is 2.18. The van der Waals surface area contributed by atoms with Crippen LogP contribution in [0.5, 0.6) is 0 Å². The first kappa shape index (κ1) is 15.6. The van der Waals surface area contributed by atoms with Crippen LogP contribution in [0.2, 0.25) is 0 Å². The number of aromatic nitrogens is 2. The Morgan fingerprint density at radius 2 is 2.33 bits per heavy atom. The molecular weight excluding hydrogens is 286 g/mol. The Morgan fingerprint density at radius 1 is 1.57 bits per heavy atom. The van der Waals surface area contributed by atoms with E-state index in [2.05, 4.69) is 22.2 Å². The van der Waals surface area contributed by atoms with Crippen molar-refractivity contribution in [1.82, 2.24) is 15.3 Å². The van der Waals surface area contributed by atoms with Gasteiger partial charge in [0, 0.05) is 6.04 Å². The summed E-state index contributed by atoms with van der Waals surface area (Å²) in [4.78, 5) is 20.0. The van der Waals surface area contributed by atoms with E-state index < -0.39 is 0 Å². The maximum absolute atomic E-state index is 12.0. The molecule has 1 saturated carbocycles. The van der Waals surface area contributed by atoms with E-state index >= 15 is 0 Å². The van der Waals surface area contributed by atoms with Gasteiger partial charge in [-0.3, -0.25) is 4.79 Å². The van der Waals surface area contributed by atoms with Gasteiger partial charge in [0.25, 0.3) is 0 Å². The average Bonchev–Trinajstić information content (AvgIpc) is 2.48. The van der Waals surface area contributed by atoms with Crippen molar-refractivity contribution in [3.8, 4) is 6.07 Å². The van der Waals surface area contributed by atoms with Crippen molar-refractivity contribution in [2.75, 3.05) is 11.5 Å². The molecule has 2 atom stereocenters. The summed E-state index contributed by atoms with van der Waals surface area (Å²) in [5.41, 5.74) is 5.87. The molecule has 1 fully saturated rings. The van der Waals surface area contributed by atoms with Crippen LogP contribution in [-0.2, 0) is 4.79 Å². The third-order valence-corrected chi connectivity index (χ3v) is 4.57. The minimum absolute atomic E-state index is 0.00900. The first-order valence-corrected chi connectivity index (χ1v) is 8.03. The molecular formula is C14H19N5OS. The molecule has 1 aromatic heterocycles. The Kier molecular flexibility index (Phi) is 5.39. The number of thioether (sulfide) groups is 1. The largest absolute Gasteiger partial charge is 0.382 e. The molecule has 0 aromatic carbocycles. The molecule has 0 spiro atoms. The molecule has 0 unspecified atom stereocenters. The minimum atomic E-state index is -0.00900. The number of nitrogen functional groups attached to an aromatic ring is 1. The summed E-state index contributed by atoms with van der Waals surface area (Å²) < 4.78 is 0. The van der Waals surface area contributed by atoms with Crippen molar-refractivity contribution >= 4 is 23.5 Å². The molecule has 0 radical (unpaired) electrons. The number of hydrogen-bond acceptors (Lipinski definition) is 6. The van der Waals surface area contributed by atoms with Crippen LogP contribution < -0.4 is 11.1 Å². The highest BCUT2D eigenvalue weighted by Gasteiger charge is 2.22. The lowest BCUT2D eigenvalue weighted by Gasteiger charge is -2.29. The molecule has 1 aliphatic carbocycles. The number of anilines is 1. The van der Waals surface area contributed by atoms with Crippen molar-refractivity contribution in [3.63, 3.8) is 0 Å². The molecule has 0 aliphatic heterocycles. The van der Waals surface area contributed by atoms with E-state index in [4.69, 9.17) is 11.0 Å². The molecule has 6 nitrogen and oxygen atoms in total. The second-order valence-electron chi connectivity index (χ2n) is 5.29. The van der Waals surface area contributed by atoms with Crippen molar-refractivity contribution in [3.05, 3.63) is 11.8 Å². The quantitative estimate of drug-likeness (QED) is 0.648. The maximum Gasteiger partial charge on any atom is 0.230 e. The number of rotatable bonds is 4. The fourth-order valence-electron chi connectivity index (χ4n) is 2.44. The summed E-state index contributed by atoms with van der Waals surface area (Å²) >= 11 is 1.23. The second kappa shape index (κ2) is 7.27. The van der Waals surface area contributed by atoms with Crippen LogP contribution in [0.25, 0.3) is 0 Å². The van der Waals surface area contributed by atoms with Crippen LogP contribution in [0.3, 0.4) is 0 Å². The van der Waals surface area contributed by atoms with Crippen molar-refractivity contribution in [2.45, 2.75) is 43.8 Å². The average molecular weight is 305 g/mol. The highest BCUT2D eigenvalue weighted by atomic mass is 32.2. The fraction of sp³-hybridized carbons (Fsp3) is 0.571. The molecule has 2 rings (SSSR count). The van der Waals surface area contributed by atoms with Gasteiger partial charge in [-0.1, -0.05) is 31.5 Å². The summed E-state index contributed by atoms with van der Waals surface area (Å²) in [5.74, 6) is 0.935. The van der Waals surface area contributed by atoms with Gasteiger partial charge < -0.3 is 11.1 Å². The Morgan fingerprint density at radius 3 is 3.00 bits per heavy atom. The van der Waals surface area contributed by atoms with Gasteiger partial charge in [0.2, 0.25) is 5.91 Å². The fourth-order valence-corrected chi connectivity index (χ4v) is 3.08. The Hall–Kier alpha value is -1.81. The van der Waals surface area contributed by atoms with Crippen molar-refractivity contribution < 1.29 is 4.79 Å². The lowest BCUT2D eigenvalue weighted by molar-refractivity contribution is -0.119. The number of carbonyl (C=O) groups excluding carboxylic acids is 1. The molecule has 1 amide bonds. The first-order valence-electron chi connectivity index (χ1n) is 7.05. The molecule has 1 aromatic rings. The Balaban J connectivity index is 1.83. The van der Waals surface area contributed by atoms with Gasteiger partial charge in [0.15, 0.2) is 5.16 Å². The predicted molar refractivity (Wildman–Crippen MR) is 81.4 cm³/mol. The molecule has 0 saturated heterocycles. The van der Waals surface area contributed by atoms with Crippen LogP contribution in [0.15, 0.2) is 11.4 Å². The van der Waals surface area contributed by atoms with Gasteiger partial charge in [0.1, 0.15) is 17.5 Å². The van der Waals surface area contributed by atoms with Crippen molar-refractivity contribution in [2.24, 2.45) is 5.92 Å². The third-order valence-electron chi connectivity index (χ3n) is 3.71. The first-order chi connectivity index (χ1) is 10.1. The number of carbonyl (C=O) groups is 1. The monoisotopic (exact) mass is 305 g/mol. The molecule has 21 heavy (non-hydrogen) atoms. The highest BCUT2D eigenvalue weighted by Crippen LogP contribution is 2.24. The SMILES string of the molecule is C[C@H]1CCCC[C@@H]1NC(=O)CSc1ncc(C#N)c(N)n1. The van der Waals surface area contributed by atoms with E-state index in [9.17, 15) is 4.79 Å². The van der Waals surface area contributed by atoms with E-state index in [0.29, 0.717) is 11.1 Å². The van der Waals surface area contributed by atoms with Gasteiger partial charge in [0.05, 0.1) is 11.9 Å². The number of nitriles is 1. The topological polar surface area (TPSA) is 105 Å². The number of nitrogens with one attached hydrogen (secondary N) is 1. The van der Waals surface area contributed by atoms with Gasteiger partial charge in [-0.15, -0.1) is 0 Å². The van der Waals surface area contributed by atoms with Gasteiger partial charge >= 0.3 is 0 Å².